The standard InChI is InChI=1S/C11H13N5S2/c1-7-3-9(10(12)17)15-11(14-7)16(2)4-8-5-18-6-13-8/h3,5-6H,4H2,1-2H3,(H2,12,17). The number of hydrogen-bond acceptors (Lipinski definition) is 6. The number of thiazole rings is 1. The van der Waals surface area contributed by atoms with Crippen molar-refractivity contribution in [2.24, 2.45) is 5.73 Å². The molecule has 0 bridgehead atoms. The van der Waals surface area contributed by atoms with Crippen LogP contribution in [0.2, 0.25) is 0 Å². The number of anilines is 1. The van der Waals surface area contributed by atoms with E-state index >= 15 is 0 Å². The van der Waals surface area contributed by atoms with Crippen LogP contribution < -0.4 is 10.6 Å². The molecule has 0 saturated carbocycles. The first-order chi connectivity index (χ1) is 8.56. The van der Waals surface area contributed by atoms with Crippen LogP contribution in [0.4, 0.5) is 5.95 Å². The SMILES string of the molecule is Cc1cc(C(N)=S)nc(N(C)Cc2cscn2)n1. The summed E-state index contributed by atoms with van der Waals surface area (Å²) in [7, 11) is 1.91. The average Bonchev–Trinajstić information content (AvgIpc) is 2.80. The van der Waals surface area contributed by atoms with Gasteiger partial charge in [-0.25, -0.2) is 15.0 Å². The van der Waals surface area contributed by atoms with Crippen LogP contribution >= 0.6 is 23.6 Å². The molecule has 94 valence electrons. The van der Waals surface area contributed by atoms with Crippen molar-refractivity contribution in [3.63, 3.8) is 0 Å². The Morgan fingerprint density at radius 2 is 2.28 bits per heavy atom. The van der Waals surface area contributed by atoms with E-state index in [1.807, 2.05) is 24.3 Å². The number of aryl methyl sites for hydroxylation is 1. The molecule has 0 radical (unpaired) electrons. The third-order valence-corrected chi connectivity index (χ3v) is 3.16. The van der Waals surface area contributed by atoms with Gasteiger partial charge >= 0.3 is 0 Å². The van der Waals surface area contributed by atoms with Gasteiger partial charge in [0, 0.05) is 18.1 Å². The maximum Gasteiger partial charge on any atom is 0.226 e. The fraction of sp³-hybridized carbons (Fsp3) is 0.273. The zero-order valence-corrected chi connectivity index (χ0v) is 11.8. The molecule has 0 aliphatic rings. The van der Waals surface area contributed by atoms with Crippen LogP contribution in [0.5, 0.6) is 0 Å². The number of rotatable bonds is 4. The first-order valence-electron chi connectivity index (χ1n) is 5.30. The predicted molar refractivity (Wildman–Crippen MR) is 76.9 cm³/mol. The van der Waals surface area contributed by atoms with E-state index in [9.17, 15) is 0 Å². The van der Waals surface area contributed by atoms with Crippen LogP contribution in [0, 0.1) is 6.92 Å². The third-order valence-electron chi connectivity index (χ3n) is 2.32. The minimum Gasteiger partial charge on any atom is -0.388 e. The molecule has 0 saturated heterocycles. The summed E-state index contributed by atoms with van der Waals surface area (Å²) in [4.78, 5) is 15.1. The van der Waals surface area contributed by atoms with E-state index in [1.54, 1.807) is 22.9 Å². The average molecular weight is 279 g/mol. The molecule has 2 N–H and O–H groups in total. The van der Waals surface area contributed by atoms with E-state index in [4.69, 9.17) is 18.0 Å². The van der Waals surface area contributed by atoms with Crippen LogP contribution in [0.25, 0.3) is 0 Å². The van der Waals surface area contributed by atoms with Crippen molar-refractivity contribution in [1.29, 1.82) is 0 Å². The van der Waals surface area contributed by atoms with Gasteiger partial charge in [0.15, 0.2) is 0 Å². The van der Waals surface area contributed by atoms with Crippen LogP contribution in [0.15, 0.2) is 17.0 Å². The van der Waals surface area contributed by atoms with E-state index in [2.05, 4.69) is 15.0 Å². The van der Waals surface area contributed by atoms with E-state index in [0.717, 1.165) is 11.4 Å². The van der Waals surface area contributed by atoms with Gasteiger partial charge in [-0.1, -0.05) is 12.2 Å². The van der Waals surface area contributed by atoms with E-state index in [0.29, 0.717) is 18.2 Å². The summed E-state index contributed by atoms with van der Waals surface area (Å²) < 4.78 is 0. The quantitative estimate of drug-likeness (QED) is 0.856. The Bertz CT molecular complexity index is 553. The van der Waals surface area contributed by atoms with Crippen molar-refractivity contribution in [3.05, 3.63) is 34.0 Å². The van der Waals surface area contributed by atoms with Crippen LogP contribution in [-0.4, -0.2) is 27.0 Å². The Kier molecular flexibility index (Phi) is 3.83. The van der Waals surface area contributed by atoms with Gasteiger partial charge < -0.3 is 10.6 Å². The fourth-order valence-electron chi connectivity index (χ4n) is 1.48. The second-order valence-electron chi connectivity index (χ2n) is 3.89. The maximum atomic E-state index is 5.60. The van der Waals surface area contributed by atoms with Gasteiger partial charge in [-0.15, -0.1) is 11.3 Å². The van der Waals surface area contributed by atoms with Gasteiger partial charge in [0.05, 0.1) is 17.7 Å². The Balaban J connectivity index is 2.24. The van der Waals surface area contributed by atoms with E-state index < -0.39 is 0 Å². The lowest BCUT2D eigenvalue weighted by Crippen LogP contribution is -2.22. The molecule has 7 heteroatoms. The Morgan fingerprint density at radius 1 is 1.50 bits per heavy atom. The van der Waals surface area contributed by atoms with Crippen LogP contribution in [-0.2, 0) is 6.54 Å². The highest BCUT2D eigenvalue weighted by atomic mass is 32.1. The molecule has 2 aromatic heterocycles. The molecule has 0 spiro atoms. The lowest BCUT2D eigenvalue weighted by atomic mass is 10.3. The zero-order valence-electron chi connectivity index (χ0n) is 10.1. The molecular weight excluding hydrogens is 266 g/mol. The molecule has 0 aliphatic carbocycles. The summed E-state index contributed by atoms with van der Waals surface area (Å²) in [6.45, 7) is 2.55. The first-order valence-corrected chi connectivity index (χ1v) is 6.65. The summed E-state index contributed by atoms with van der Waals surface area (Å²) in [5.41, 5.74) is 9.83. The number of nitrogens with two attached hydrogens (primary N) is 1. The minimum absolute atomic E-state index is 0.281. The molecular formula is C11H13N5S2. The zero-order chi connectivity index (χ0) is 13.1. The molecule has 18 heavy (non-hydrogen) atoms. The van der Waals surface area contributed by atoms with Crippen molar-refractivity contribution in [2.45, 2.75) is 13.5 Å². The molecule has 2 heterocycles. The van der Waals surface area contributed by atoms with Gasteiger partial charge in [0.1, 0.15) is 10.7 Å². The number of thiocarbonyl (C=S) groups is 1. The topological polar surface area (TPSA) is 67.9 Å². The molecule has 0 unspecified atom stereocenters. The van der Waals surface area contributed by atoms with Crippen molar-refractivity contribution in [3.8, 4) is 0 Å². The van der Waals surface area contributed by atoms with Crippen molar-refractivity contribution < 1.29 is 0 Å². The van der Waals surface area contributed by atoms with Crippen molar-refractivity contribution >= 4 is 34.5 Å². The fourth-order valence-corrected chi connectivity index (χ4v) is 2.13. The minimum atomic E-state index is 0.281. The van der Waals surface area contributed by atoms with Crippen molar-refractivity contribution in [2.75, 3.05) is 11.9 Å². The normalized spacial score (nSPS) is 10.3. The third kappa shape index (κ3) is 2.99. The van der Waals surface area contributed by atoms with E-state index in [1.165, 1.54) is 0 Å². The number of nitrogens with zero attached hydrogens (tertiary/aromatic N) is 4. The Hall–Kier alpha value is -1.60. The molecule has 0 fully saturated rings. The molecule has 0 aliphatic heterocycles. The van der Waals surface area contributed by atoms with Gasteiger partial charge in [-0.05, 0) is 13.0 Å². The predicted octanol–water partition coefficient (Wildman–Crippen LogP) is 1.51. The van der Waals surface area contributed by atoms with Crippen molar-refractivity contribution in [1.82, 2.24) is 15.0 Å². The summed E-state index contributed by atoms with van der Waals surface area (Å²) in [5, 5.41) is 2.00. The summed E-state index contributed by atoms with van der Waals surface area (Å²) in [6, 6.07) is 1.78. The smallest absolute Gasteiger partial charge is 0.226 e. The summed E-state index contributed by atoms with van der Waals surface area (Å²) >= 11 is 6.51. The first kappa shape index (κ1) is 12.8. The highest BCUT2D eigenvalue weighted by molar-refractivity contribution is 7.80. The highest BCUT2D eigenvalue weighted by Crippen LogP contribution is 2.12. The second-order valence-corrected chi connectivity index (χ2v) is 5.05. The largest absolute Gasteiger partial charge is 0.388 e. The number of hydrogen-bond donors (Lipinski definition) is 1. The summed E-state index contributed by atoms with van der Waals surface area (Å²) in [5.74, 6) is 0.603. The molecule has 0 amide bonds. The molecule has 2 aromatic rings. The van der Waals surface area contributed by atoms with Gasteiger partial charge in [0.2, 0.25) is 5.95 Å². The highest BCUT2D eigenvalue weighted by Gasteiger charge is 2.10. The second kappa shape index (κ2) is 5.36. The maximum absolute atomic E-state index is 5.60. The van der Waals surface area contributed by atoms with Crippen LogP contribution in [0.3, 0.4) is 0 Å². The molecule has 0 atom stereocenters. The number of aromatic nitrogens is 3. The molecule has 2 rings (SSSR count). The Labute approximate surface area is 115 Å². The van der Waals surface area contributed by atoms with Gasteiger partial charge in [0.25, 0.3) is 0 Å². The Morgan fingerprint density at radius 3 is 2.89 bits per heavy atom. The van der Waals surface area contributed by atoms with Gasteiger partial charge in [-0.3, -0.25) is 0 Å². The lowest BCUT2D eigenvalue weighted by molar-refractivity contribution is 0.840. The monoisotopic (exact) mass is 279 g/mol. The van der Waals surface area contributed by atoms with Crippen LogP contribution in [0.1, 0.15) is 17.1 Å². The molecule has 5 nitrogen and oxygen atoms in total. The summed E-state index contributed by atoms with van der Waals surface area (Å²) in [6.07, 6.45) is 0. The van der Waals surface area contributed by atoms with Gasteiger partial charge in [-0.2, -0.15) is 0 Å². The molecule has 0 aromatic carbocycles. The van der Waals surface area contributed by atoms with E-state index in [-0.39, 0.29) is 4.99 Å². The lowest BCUT2D eigenvalue weighted by Gasteiger charge is -2.16.